The molecule has 33 heavy (non-hydrogen) atoms. The van der Waals surface area contributed by atoms with Crippen LogP contribution in [0, 0.1) is 11.3 Å². The van der Waals surface area contributed by atoms with Crippen molar-refractivity contribution in [3.63, 3.8) is 0 Å². The number of nitrogens with one attached hydrogen (secondary N) is 1. The average molecular weight is 464 g/mol. The van der Waals surface area contributed by atoms with Crippen molar-refractivity contribution < 1.29 is 9.59 Å². The Morgan fingerprint density at radius 2 is 2.15 bits per heavy atom. The highest BCUT2D eigenvalue weighted by atomic mass is 32.1. The van der Waals surface area contributed by atoms with Gasteiger partial charge in [-0.3, -0.25) is 9.59 Å². The third-order valence-electron chi connectivity index (χ3n) is 5.86. The van der Waals surface area contributed by atoms with Crippen LogP contribution < -0.4 is 27.4 Å². The SMILES string of the molecule is CCC(=O)N(c1cccc(-c2c(C#N)c(N)nc3sc(C(N)=O)c(N)c23)c1)C1CCCNC1. The fraction of sp³-hybridized carbons (Fsp3) is 0.304. The number of aromatic nitrogens is 1. The summed E-state index contributed by atoms with van der Waals surface area (Å²) in [5, 5.41) is 13.7. The molecule has 1 aromatic carbocycles. The van der Waals surface area contributed by atoms with Gasteiger partial charge in [0.2, 0.25) is 5.91 Å². The summed E-state index contributed by atoms with van der Waals surface area (Å²) in [6, 6.07) is 9.55. The van der Waals surface area contributed by atoms with E-state index >= 15 is 0 Å². The van der Waals surface area contributed by atoms with Crippen LogP contribution in [0.5, 0.6) is 0 Å². The molecule has 2 amide bonds. The summed E-state index contributed by atoms with van der Waals surface area (Å²) >= 11 is 1.04. The van der Waals surface area contributed by atoms with E-state index in [9.17, 15) is 14.9 Å². The second-order valence-electron chi connectivity index (χ2n) is 7.92. The number of carbonyl (C=O) groups excluding carboxylic acids is 2. The summed E-state index contributed by atoms with van der Waals surface area (Å²) in [6.45, 7) is 3.49. The number of fused-ring (bicyclic) bond motifs is 1. The maximum absolute atomic E-state index is 12.9. The molecule has 170 valence electrons. The molecule has 1 aliphatic rings. The number of nitrogen functional groups attached to an aromatic ring is 2. The number of rotatable bonds is 5. The first-order valence-electron chi connectivity index (χ1n) is 10.7. The number of carbonyl (C=O) groups is 2. The number of primary amides is 1. The molecule has 10 heteroatoms. The van der Waals surface area contributed by atoms with Crippen molar-refractivity contribution in [2.24, 2.45) is 5.73 Å². The van der Waals surface area contributed by atoms with Crippen LogP contribution in [0.1, 0.15) is 41.4 Å². The normalized spacial score (nSPS) is 15.8. The van der Waals surface area contributed by atoms with E-state index in [-0.39, 0.29) is 33.9 Å². The van der Waals surface area contributed by atoms with Crippen molar-refractivity contribution in [1.29, 1.82) is 5.26 Å². The van der Waals surface area contributed by atoms with E-state index in [0.717, 1.165) is 36.4 Å². The molecule has 0 radical (unpaired) electrons. The highest BCUT2D eigenvalue weighted by Crippen LogP contribution is 2.43. The first-order chi connectivity index (χ1) is 15.9. The summed E-state index contributed by atoms with van der Waals surface area (Å²) < 4.78 is 0. The number of nitrogens with zero attached hydrogens (tertiary/aromatic N) is 3. The Bertz CT molecular complexity index is 1290. The number of benzene rings is 1. The lowest BCUT2D eigenvalue weighted by Crippen LogP contribution is -2.48. The van der Waals surface area contributed by atoms with Crippen LogP contribution in [0.25, 0.3) is 21.3 Å². The number of amides is 2. The second kappa shape index (κ2) is 9.05. The molecule has 0 bridgehead atoms. The first kappa shape index (κ1) is 22.5. The molecule has 0 spiro atoms. The number of hydrogen-bond donors (Lipinski definition) is 4. The lowest BCUT2D eigenvalue weighted by atomic mass is 9.96. The van der Waals surface area contributed by atoms with Gasteiger partial charge >= 0.3 is 0 Å². The van der Waals surface area contributed by atoms with Crippen molar-refractivity contribution in [2.75, 3.05) is 29.5 Å². The topological polar surface area (TPSA) is 164 Å². The van der Waals surface area contributed by atoms with Gasteiger partial charge in [-0.05, 0) is 37.1 Å². The van der Waals surface area contributed by atoms with E-state index < -0.39 is 5.91 Å². The highest BCUT2D eigenvalue weighted by molar-refractivity contribution is 7.21. The van der Waals surface area contributed by atoms with Gasteiger partial charge in [0.15, 0.2) is 0 Å². The summed E-state index contributed by atoms with van der Waals surface area (Å²) in [7, 11) is 0. The minimum absolute atomic E-state index is 0.0202. The zero-order valence-electron chi connectivity index (χ0n) is 18.2. The minimum atomic E-state index is -0.670. The van der Waals surface area contributed by atoms with Crippen LogP contribution in [0.4, 0.5) is 17.2 Å². The Morgan fingerprint density at radius 3 is 2.79 bits per heavy atom. The Kier molecular flexibility index (Phi) is 6.18. The molecule has 7 N–H and O–H groups in total. The third kappa shape index (κ3) is 3.97. The number of piperidine rings is 1. The van der Waals surface area contributed by atoms with E-state index in [1.807, 2.05) is 36.1 Å². The number of anilines is 3. The van der Waals surface area contributed by atoms with Gasteiger partial charge in [-0.2, -0.15) is 5.26 Å². The molecule has 1 unspecified atom stereocenters. The Hall–Kier alpha value is -3.68. The second-order valence-corrected chi connectivity index (χ2v) is 8.91. The van der Waals surface area contributed by atoms with E-state index in [4.69, 9.17) is 17.2 Å². The molecule has 1 aliphatic heterocycles. The van der Waals surface area contributed by atoms with Crippen molar-refractivity contribution in [2.45, 2.75) is 32.2 Å². The molecular weight excluding hydrogens is 438 g/mol. The summed E-state index contributed by atoms with van der Waals surface area (Å²) in [5.74, 6) is -0.607. The molecule has 1 atom stereocenters. The van der Waals surface area contributed by atoms with Crippen LogP contribution in [0.3, 0.4) is 0 Å². The maximum atomic E-state index is 12.9. The van der Waals surface area contributed by atoms with Gasteiger partial charge < -0.3 is 27.4 Å². The van der Waals surface area contributed by atoms with Crippen molar-refractivity contribution >= 4 is 50.6 Å². The smallest absolute Gasteiger partial charge is 0.260 e. The number of hydrogen-bond acceptors (Lipinski definition) is 8. The van der Waals surface area contributed by atoms with E-state index in [1.165, 1.54) is 0 Å². The predicted octanol–water partition coefficient (Wildman–Crippen LogP) is 2.59. The predicted molar refractivity (Wildman–Crippen MR) is 131 cm³/mol. The molecule has 3 heterocycles. The quantitative estimate of drug-likeness (QED) is 0.451. The van der Waals surface area contributed by atoms with Crippen molar-refractivity contribution in [3.8, 4) is 17.2 Å². The summed E-state index contributed by atoms with van der Waals surface area (Å²) in [4.78, 5) is 31.5. The molecule has 0 saturated carbocycles. The van der Waals surface area contributed by atoms with Gasteiger partial charge in [-0.25, -0.2) is 4.98 Å². The van der Waals surface area contributed by atoms with E-state index in [2.05, 4.69) is 16.4 Å². The van der Waals surface area contributed by atoms with E-state index in [0.29, 0.717) is 34.3 Å². The molecule has 1 saturated heterocycles. The zero-order valence-corrected chi connectivity index (χ0v) is 19.0. The van der Waals surface area contributed by atoms with Gasteiger partial charge in [0, 0.05) is 35.6 Å². The third-order valence-corrected chi connectivity index (χ3v) is 6.97. The van der Waals surface area contributed by atoms with Gasteiger partial charge in [0.25, 0.3) is 5.91 Å². The fourth-order valence-electron chi connectivity index (χ4n) is 4.35. The minimum Gasteiger partial charge on any atom is -0.397 e. The van der Waals surface area contributed by atoms with Crippen LogP contribution >= 0.6 is 11.3 Å². The standard InChI is InChI=1S/C23H25N7O2S/c1-2-16(31)30(14-7-4-8-28-11-14)13-6-3-5-12(9-13)17-15(10-24)21(26)29-23-18(17)19(25)20(33-23)22(27)32/h3,5-6,9,14,28H,2,4,7-8,11,25H2,1H3,(H2,26,29)(H2,27,32). The lowest BCUT2D eigenvalue weighted by Gasteiger charge is -2.35. The van der Waals surface area contributed by atoms with Crippen LogP contribution in [0.15, 0.2) is 24.3 Å². The molecule has 0 aliphatic carbocycles. The maximum Gasteiger partial charge on any atom is 0.260 e. The van der Waals surface area contributed by atoms with Gasteiger partial charge in [0.1, 0.15) is 27.2 Å². The molecular formula is C23H25N7O2S. The molecule has 1 fully saturated rings. The number of thiophene rings is 1. The van der Waals surface area contributed by atoms with Crippen LogP contribution in [-0.2, 0) is 4.79 Å². The van der Waals surface area contributed by atoms with Crippen molar-refractivity contribution in [1.82, 2.24) is 10.3 Å². The first-order valence-corrected chi connectivity index (χ1v) is 11.5. The highest BCUT2D eigenvalue weighted by Gasteiger charge is 2.27. The number of nitriles is 1. The van der Waals surface area contributed by atoms with Gasteiger partial charge in [0.05, 0.1) is 5.69 Å². The zero-order chi connectivity index (χ0) is 23.7. The monoisotopic (exact) mass is 463 g/mol. The van der Waals surface area contributed by atoms with Crippen molar-refractivity contribution in [3.05, 3.63) is 34.7 Å². The molecule has 2 aromatic heterocycles. The number of nitrogens with two attached hydrogens (primary N) is 3. The van der Waals surface area contributed by atoms with Crippen LogP contribution in [-0.4, -0.2) is 35.9 Å². The molecule has 4 rings (SSSR count). The fourth-order valence-corrected chi connectivity index (χ4v) is 5.31. The molecule has 9 nitrogen and oxygen atoms in total. The largest absolute Gasteiger partial charge is 0.397 e. The average Bonchev–Trinajstić information content (AvgIpc) is 3.15. The van der Waals surface area contributed by atoms with Crippen LogP contribution in [0.2, 0.25) is 0 Å². The summed E-state index contributed by atoms with van der Waals surface area (Å²) in [5.41, 5.74) is 20.1. The van der Waals surface area contributed by atoms with E-state index in [1.54, 1.807) is 0 Å². The Morgan fingerprint density at radius 1 is 1.36 bits per heavy atom. The Labute approximate surface area is 195 Å². The lowest BCUT2D eigenvalue weighted by molar-refractivity contribution is -0.118. The number of pyridine rings is 1. The van der Waals surface area contributed by atoms with Gasteiger partial charge in [-0.1, -0.05) is 19.1 Å². The summed E-state index contributed by atoms with van der Waals surface area (Å²) in [6.07, 6.45) is 2.26. The van der Waals surface area contributed by atoms with Gasteiger partial charge in [-0.15, -0.1) is 11.3 Å². The Balaban J connectivity index is 1.94. The molecule has 3 aromatic rings.